The first-order chi connectivity index (χ1) is 9.60. The van der Waals surface area contributed by atoms with E-state index < -0.39 is 5.92 Å². The Morgan fingerprint density at radius 2 is 2.10 bits per heavy atom. The van der Waals surface area contributed by atoms with Gasteiger partial charge in [-0.05, 0) is 24.8 Å². The molecule has 1 atom stereocenters. The van der Waals surface area contributed by atoms with Crippen LogP contribution >= 0.6 is 12.2 Å². The first-order valence-electron chi connectivity index (χ1n) is 6.76. The van der Waals surface area contributed by atoms with Crippen LogP contribution in [0, 0.1) is 5.92 Å². The lowest BCUT2D eigenvalue weighted by atomic mass is 9.88. The van der Waals surface area contributed by atoms with Crippen molar-refractivity contribution in [1.82, 2.24) is 5.32 Å². The Hall–Kier alpha value is -1.46. The lowest BCUT2D eigenvalue weighted by Gasteiger charge is -2.35. The highest BCUT2D eigenvalue weighted by molar-refractivity contribution is 7.80. The van der Waals surface area contributed by atoms with Crippen LogP contribution in [0.4, 0.5) is 0 Å². The lowest BCUT2D eigenvalue weighted by Crippen LogP contribution is -2.51. The highest BCUT2D eigenvalue weighted by Crippen LogP contribution is 2.23. The molecule has 20 heavy (non-hydrogen) atoms. The van der Waals surface area contributed by atoms with Crippen molar-refractivity contribution in [3.8, 4) is 0 Å². The molecule has 1 aliphatic carbocycles. The number of hydrogen-bond donors (Lipinski definition) is 2. The van der Waals surface area contributed by atoms with E-state index in [0.717, 1.165) is 18.4 Å². The Bertz CT molecular complexity index is 472. The number of nitrogens with one attached hydrogen (secondary N) is 1. The second kappa shape index (κ2) is 6.81. The predicted molar refractivity (Wildman–Crippen MR) is 82.4 cm³/mol. The quantitative estimate of drug-likeness (QED) is 0.779. The van der Waals surface area contributed by atoms with E-state index in [4.69, 9.17) is 22.7 Å². The monoisotopic (exact) mass is 292 g/mol. The highest BCUT2D eigenvalue weighted by atomic mass is 32.1. The summed E-state index contributed by atoms with van der Waals surface area (Å²) in [5.41, 5.74) is 6.78. The molecule has 1 amide bonds. The van der Waals surface area contributed by atoms with Crippen molar-refractivity contribution in [2.45, 2.75) is 31.4 Å². The van der Waals surface area contributed by atoms with Gasteiger partial charge in [0.1, 0.15) is 0 Å². The molecule has 1 aliphatic rings. The largest absolute Gasteiger partial charge is 0.393 e. The van der Waals surface area contributed by atoms with Gasteiger partial charge in [-0.2, -0.15) is 0 Å². The molecule has 0 spiro atoms. The van der Waals surface area contributed by atoms with E-state index in [0.29, 0.717) is 6.42 Å². The summed E-state index contributed by atoms with van der Waals surface area (Å²) in [6.45, 7) is 0. The molecule has 5 heteroatoms. The molecule has 0 saturated heterocycles. The van der Waals surface area contributed by atoms with E-state index in [-0.39, 0.29) is 23.0 Å². The molecule has 1 fully saturated rings. The van der Waals surface area contributed by atoms with Crippen LogP contribution in [-0.2, 0) is 16.0 Å². The van der Waals surface area contributed by atoms with Crippen molar-refractivity contribution >= 4 is 23.1 Å². The molecule has 0 heterocycles. The summed E-state index contributed by atoms with van der Waals surface area (Å²) in [6.07, 6.45) is 2.52. The second-order valence-corrected chi connectivity index (χ2v) is 5.65. The van der Waals surface area contributed by atoms with E-state index in [2.05, 4.69) is 5.32 Å². The molecule has 0 bridgehead atoms. The van der Waals surface area contributed by atoms with Crippen molar-refractivity contribution in [3.63, 3.8) is 0 Å². The van der Waals surface area contributed by atoms with Crippen molar-refractivity contribution in [3.05, 3.63) is 35.9 Å². The number of carbonyl (C=O) groups excluding carboxylic acids is 1. The van der Waals surface area contributed by atoms with Crippen molar-refractivity contribution in [2.24, 2.45) is 11.7 Å². The summed E-state index contributed by atoms with van der Waals surface area (Å²) >= 11 is 5.04. The van der Waals surface area contributed by atoms with Gasteiger partial charge in [0.25, 0.3) is 0 Å². The Morgan fingerprint density at radius 1 is 1.45 bits per heavy atom. The molecule has 3 N–H and O–H groups in total. The van der Waals surface area contributed by atoms with Gasteiger partial charge in [0.2, 0.25) is 5.91 Å². The Kier molecular flexibility index (Phi) is 5.09. The normalized spacial score (nSPS) is 22.6. The second-order valence-electron chi connectivity index (χ2n) is 5.18. The van der Waals surface area contributed by atoms with Crippen LogP contribution in [0.15, 0.2) is 30.3 Å². The van der Waals surface area contributed by atoms with Crippen LogP contribution in [-0.4, -0.2) is 30.2 Å². The van der Waals surface area contributed by atoms with Gasteiger partial charge in [-0.1, -0.05) is 42.5 Å². The van der Waals surface area contributed by atoms with E-state index in [1.807, 2.05) is 30.3 Å². The van der Waals surface area contributed by atoms with Gasteiger partial charge in [-0.25, -0.2) is 0 Å². The summed E-state index contributed by atoms with van der Waals surface area (Å²) in [7, 11) is 1.69. The molecule has 1 unspecified atom stereocenters. The minimum Gasteiger partial charge on any atom is -0.393 e. The molecule has 4 nitrogen and oxygen atoms in total. The molecule has 0 radical (unpaired) electrons. The van der Waals surface area contributed by atoms with E-state index in [9.17, 15) is 4.79 Å². The molecule has 1 aromatic carbocycles. The van der Waals surface area contributed by atoms with Gasteiger partial charge in [0.05, 0.1) is 17.0 Å². The van der Waals surface area contributed by atoms with Crippen LogP contribution in [0.1, 0.15) is 18.4 Å². The molecule has 1 aromatic rings. The average molecular weight is 292 g/mol. The number of benzene rings is 1. The Labute approximate surface area is 124 Å². The van der Waals surface area contributed by atoms with Crippen LogP contribution in [0.5, 0.6) is 0 Å². The molecule has 1 saturated carbocycles. The zero-order valence-corrected chi connectivity index (χ0v) is 12.4. The fourth-order valence-corrected chi connectivity index (χ4v) is 2.54. The number of thiocarbonyl (C=S) groups is 1. The number of hydrogen-bond acceptors (Lipinski definition) is 3. The van der Waals surface area contributed by atoms with Gasteiger partial charge in [0.15, 0.2) is 0 Å². The first-order valence-corrected chi connectivity index (χ1v) is 7.17. The topological polar surface area (TPSA) is 64.3 Å². The fourth-order valence-electron chi connectivity index (χ4n) is 2.35. The van der Waals surface area contributed by atoms with Crippen LogP contribution in [0.3, 0.4) is 0 Å². The van der Waals surface area contributed by atoms with Gasteiger partial charge in [0, 0.05) is 13.2 Å². The molecule has 0 aromatic heterocycles. The Balaban J connectivity index is 1.91. The number of methoxy groups -OCH3 is 1. The summed E-state index contributed by atoms with van der Waals surface area (Å²) in [5.74, 6) is -0.532. The minimum absolute atomic E-state index is 0.0825. The maximum absolute atomic E-state index is 12.3. The SMILES string of the molecule is COC1CC(NC(=O)C(Cc2ccccc2)C(N)=S)C1. The summed E-state index contributed by atoms with van der Waals surface area (Å²) in [4.78, 5) is 12.5. The zero-order chi connectivity index (χ0) is 14.5. The van der Waals surface area contributed by atoms with Crippen LogP contribution in [0.2, 0.25) is 0 Å². The third kappa shape index (κ3) is 3.77. The first kappa shape index (κ1) is 14.9. The van der Waals surface area contributed by atoms with Crippen molar-refractivity contribution in [1.29, 1.82) is 0 Å². The van der Waals surface area contributed by atoms with E-state index >= 15 is 0 Å². The van der Waals surface area contributed by atoms with E-state index in [1.165, 1.54) is 0 Å². The smallest absolute Gasteiger partial charge is 0.230 e. The molecule has 2 rings (SSSR count). The zero-order valence-electron chi connectivity index (χ0n) is 11.5. The van der Waals surface area contributed by atoms with Crippen LogP contribution < -0.4 is 11.1 Å². The number of amides is 1. The van der Waals surface area contributed by atoms with Gasteiger partial charge >= 0.3 is 0 Å². The highest BCUT2D eigenvalue weighted by Gasteiger charge is 2.32. The van der Waals surface area contributed by atoms with Gasteiger partial charge < -0.3 is 15.8 Å². The Morgan fingerprint density at radius 3 is 2.65 bits per heavy atom. The van der Waals surface area contributed by atoms with Gasteiger partial charge in [-0.15, -0.1) is 0 Å². The predicted octanol–water partition coefficient (Wildman–Crippen LogP) is 1.42. The van der Waals surface area contributed by atoms with Crippen molar-refractivity contribution in [2.75, 3.05) is 7.11 Å². The summed E-state index contributed by atoms with van der Waals surface area (Å²) in [5, 5.41) is 3.00. The van der Waals surface area contributed by atoms with Crippen LogP contribution in [0.25, 0.3) is 0 Å². The number of nitrogens with two attached hydrogens (primary N) is 1. The lowest BCUT2D eigenvalue weighted by molar-refractivity contribution is -0.125. The molecule has 108 valence electrons. The number of rotatable bonds is 6. The minimum atomic E-state index is -0.450. The molecular formula is C15H20N2O2S. The van der Waals surface area contributed by atoms with E-state index in [1.54, 1.807) is 7.11 Å². The molecular weight excluding hydrogens is 272 g/mol. The fraction of sp³-hybridized carbons (Fsp3) is 0.467. The average Bonchev–Trinajstić information content (AvgIpc) is 2.40. The third-order valence-electron chi connectivity index (χ3n) is 3.72. The van der Waals surface area contributed by atoms with Crippen molar-refractivity contribution < 1.29 is 9.53 Å². The number of ether oxygens (including phenoxy) is 1. The maximum Gasteiger partial charge on any atom is 0.230 e. The van der Waals surface area contributed by atoms with Gasteiger partial charge in [-0.3, -0.25) is 4.79 Å². The molecule has 0 aliphatic heterocycles. The summed E-state index contributed by atoms with van der Waals surface area (Å²) < 4.78 is 5.20. The maximum atomic E-state index is 12.3. The standard InChI is InChI=1S/C15H20N2O2S/c1-19-12-8-11(9-12)17-15(18)13(14(16)20)7-10-5-3-2-4-6-10/h2-6,11-13H,7-9H2,1H3,(H2,16,20)(H,17,18). The number of carbonyl (C=O) groups is 1. The summed E-state index contributed by atoms with van der Waals surface area (Å²) in [6, 6.07) is 9.96. The third-order valence-corrected chi connectivity index (χ3v) is 4.00.